The van der Waals surface area contributed by atoms with Crippen LogP contribution in [0.4, 0.5) is 0 Å². The van der Waals surface area contributed by atoms with E-state index in [9.17, 15) is 4.79 Å². The van der Waals surface area contributed by atoms with Gasteiger partial charge >= 0.3 is 5.97 Å². The van der Waals surface area contributed by atoms with Crippen LogP contribution in [0.2, 0.25) is 5.02 Å². The van der Waals surface area contributed by atoms with Crippen molar-refractivity contribution in [2.45, 2.75) is 184 Å². The number of nitrogens with zero attached hydrogens (tertiary/aromatic N) is 8. The van der Waals surface area contributed by atoms with E-state index in [1.165, 1.54) is 166 Å². The SMILES string of the molecule is CC(C)Oc1ccc(-c2cnc(-c3ccc(CN4CC(C(=O)O)C4)cc3Cl)s2)cc1.CC(C)Oc1ccc(-c2cnc(-c3ccc(CN4CCC4)cc3C3CC3)s2)cc1.CCCCc1cc(CN2CCC2)ccc1-c1ncc(-c2ccc(OC(C)C)cc2)s1.CCc1cc(CN2CCC2)ccc1-c1ncc(-c2ccc(OC(C)C)cc2)s1.O=CO.O=CO.O=CO. The van der Waals surface area contributed by atoms with Crippen molar-refractivity contribution in [1.82, 2.24) is 39.5 Å². The van der Waals surface area contributed by atoms with Crippen molar-refractivity contribution in [2.75, 3.05) is 52.4 Å². The zero-order valence-corrected chi connectivity index (χ0v) is 77.7. The number of ether oxygens (including phenoxy) is 4. The Hall–Kier alpha value is -10.5. The van der Waals surface area contributed by atoms with Crippen LogP contribution in [-0.4, -0.2) is 162 Å². The maximum Gasteiger partial charge on any atom is 0.309 e. The molecule has 17 rings (SSSR count). The molecule has 4 saturated heterocycles. The number of aryl methyl sites for hydroxylation is 2. The molecule has 126 heavy (non-hydrogen) atoms. The summed E-state index contributed by atoms with van der Waals surface area (Å²) >= 11 is 13.5. The Morgan fingerprint density at radius 2 is 0.722 bits per heavy atom. The van der Waals surface area contributed by atoms with Crippen molar-refractivity contribution in [3.63, 3.8) is 0 Å². The average Bonchev–Trinajstić information content (AvgIpc) is 1.64. The minimum absolute atomic E-state index is 0.149. The van der Waals surface area contributed by atoms with Gasteiger partial charge < -0.3 is 39.4 Å². The predicted molar refractivity (Wildman–Crippen MR) is 512 cm³/mol. The number of carbonyl (C=O) groups is 4. The molecule has 12 aromatic rings. The van der Waals surface area contributed by atoms with Crippen LogP contribution in [0.1, 0.15) is 159 Å². The zero-order chi connectivity index (χ0) is 89.6. The number of thiazole rings is 4. The summed E-state index contributed by atoms with van der Waals surface area (Å²) in [6, 6.07) is 60.0. The summed E-state index contributed by atoms with van der Waals surface area (Å²) in [6.07, 6.45) is 19.8. The Morgan fingerprint density at radius 3 is 1.03 bits per heavy atom. The highest BCUT2D eigenvalue weighted by Crippen LogP contribution is 2.47. The second kappa shape index (κ2) is 48.4. The molecular weight excluding hydrogens is 1680 g/mol. The van der Waals surface area contributed by atoms with Crippen LogP contribution in [0.25, 0.3) is 84.0 Å². The number of carboxylic acid groups (broad SMARTS) is 4. The summed E-state index contributed by atoms with van der Waals surface area (Å²) in [5, 5.41) is 34.6. The molecule has 664 valence electrons. The van der Waals surface area contributed by atoms with E-state index < -0.39 is 5.97 Å². The van der Waals surface area contributed by atoms with E-state index in [1.54, 1.807) is 45.3 Å². The monoisotopic (exact) mass is 1800 g/mol. The average molecular weight is 1800 g/mol. The molecule has 1 saturated carbocycles. The third-order valence-electron chi connectivity index (χ3n) is 21.5. The summed E-state index contributed by atoms with van der Waals surface area (Å²) in [4.78, 5) is 69.3. The van der Waals surface area contributed by atoms with E-state index in [-0.39, 0.29) is 49.8 Å². The third kappa shape index (κ3) is 28.5. The highest BCUT2D eigenvalue weighted by atomic mass is 35.5. The molecule has 0 spiro atoms. The highest BCUT2D eigenvalue weighted by molar-refractivity contribution is 7.19. The lowest BCUT2D eigenvalue weighted by molar-refractivity contribution is -0.147. The van der Waals surface area contributed by atoms with E-state index in [1.807, 2.05) is 133 Å². The predicted octanol–water partition coefficient (Wildman–Crippen LogP) is 23.7. The number of aliphatic carboxylic acids is 1. The molecule has 1 aliphatic carbocycles. The van der Waals surface area contributed by atoms with Crippen molar-refractivity contribution < 1.29 is 58.6 Å². The fourth-order valence-electron chi connectivity index (χ4n) is 14.8. The van der Waals surface area contributed by atoms with Crippen molar-refractivity contribution in [2.24, 2.45) is 5.92 Å². The first-order chi connectivity index (χ1) is 61.0. The molecule has 4 N–H and O–H groups in total. The second-order valence-corrected chi connectivity index (χ2v) is 37.3. The van der Waals surface area contributed by atoms with E-state index in [4.69, 9.17) is 80.3 Å². The third-order valence-corrected chi connectivity index (χ3v) is 26.1. The number of hydrogen-bond donors (Lipinski definition) is 4. The molecule has 0 bridgehead atoms. The Bertz CT molecular complexity index is 5390. The molecular formula is C101H117ClN8O12S4. The molecule has 8 heterocycles. The molecule has 4 aliphatic heterocycles. The molecule has 0 unspecified atom stereocenters. The van der Waals surface area contributed by atoms with E-state index in [2.05, 4.69) is 155 Å². The summed E-state index contributed by atoms with van der Waals surface area (Å²) in [5.41, 5.74) is 19.2. The van der Waals surface area contributed by atoms with Crippen LogP contribution < -0.4 is 18.9 Å². The Balaban J connectivity index is 0.000000158. The summed E-state index contributed by atoms with van der Waals surface area (Å²) in [5.74, 6) is 3.35. The maximum atomic E-state index is 10.9. The maximum absolute atomic E-state index is 10.9. The van der Waals surface area contributed by atoms with Gasteiger partial charge in [0.15, 0.2) is 0 Å². The number of aromatic nitrogens is 4. The Morgan fingerprint density at radius 1 is 0.421 bits per heavy atom. The topological polar surface area (TPSA) is 251 Å². The summed E-state index contributed by atoms with van der Waals surface area (Å²) in [6.45, 7) is 32.6. The standard InChI is InChI=1S/C26H32N2OS.C25H28N2OS.C24H28N2OS.C23H23ClN2O3S.3CH2O2/c1-4-5-7-22-16-20(18-28-14-6-15-28)8-13-24(22)26-27-17-25(30-26)21-9-11-23(12-10-21)29-19(2)3;1-17(2)28-21-9-7-20(8-10-21)24-15-26-25(29-24)22-11-4-18(16-27-12-3-13-27)14-23(22)19-5-6-19;1-4-19-14-18(16-26-12-5-13-26)6-11-22(19)24-25-15-23(28-24)20-7-9-21(10-8-20)27-17(2)3;1-14(2)29-18-6-4-16(5-7-18)21-10-25-22(30-21)19-8-3-15(9-20(19)24)11-26-12-17(13-26)23(27)28;3*2-1-3/h8-13,16-17,19H,4-7,14-15,18H2,1-3H3;4,7-11,14-15,17,19H,3,5-6,12-13,16H2,1-2H3;6-11,14-15,17H,4-5,12-13,16H2,1-3H3;3-10,14,17H,11-13H2,1-2H3,(H,27,28);3*1H,(H,2,3). The molecule has 5 fully saturated rings. The van der Waals surface area contributed by atoms with Gasteiger partial charge in [0.1, 0.15) is 43.0 Å². The molecule has 0 atom stereocenters. The van der Waals surface area contributed by atoms with E-state index in [0.717, 1.165) is 103 Å². The summed E-state index contributed by atoms with van der Waals surface area (Å²) < 4.78 is 23.0. The molecule has 4 aromatic heterocycles. The fraction of sp³-hybridized carbons (Fsp3) is 0.366. The molecule has 20 nitrogen and oxygen atoms in total. The molecule has 0 radical (unpaired) electrons. The zero-order valence-electron chi connectivity index (χ0n) is 73.7. The highest BCUT2D eigenvalue weighted by Gasteiger charge is 2.33. The Kier molecular flexibility index (Phi) is 37.0. The van der Waals surface area contributed by atoms with Crippen LogP contribution >= 0.6 is 56.9 Å². The van der Waals surface area contributed by atoms with Crippen molar-refractivity contribution in [3.8, 4) is 107 Å². The lowest BCUT2D eigenvalue weighted by atomic mass is 9.98. The molecule has 25 heteroatoms. The van der Waals surface area contributed by atoms with Crippen LogP contribution in [0.15, 0.2) is 195 Å². The first-order valence-electron chi connectivity index (χ1n) is 43.5. The number of likely N-dealkylation sites (tertiary alicyclic amines) is 4. The van der Waals surface area contributed by atoms with Crippen LogP contribution in [-0.2, 0) is 58.2 Å². The lowest BCUT2D eigenvalue weighted by Crippen LogP contribution is -2.49. The minimum Gasteiger partial charge on any atom is -0.491 e. The van der Waals surface area contributed by atoms with Gasteiger partial charge in [-0.3, -0.25) is 38.8 Å². The minimum atomic E-state index is -0.721. The number of rotatable bonds is 30. The Labute approximate surface area is 762 Å². The molecule has 5 aliphatic rings. The molecule has 8 aromatic carbocycles. The van der Waals surface area contributed by atoms with Gasteiger partial charge in [0.05, 0.1) is 54.9 Å². The van der Waals surface area contributed by atoms with Crippen LogP contribution in [0, 0.1) is 5.92 Å². The van der Waals surface area contributed by atoms with Gasteiger partial charge in [-0.05, 0) is 316 Å². The lowest BCUT2D eigenvalue weighted by Gasteiger charge is -2.36. The largest absolute Gasteiger partial charge is 0.491 e. The smallest absolute Gasteiger partial charge is 0.309 e. The first-order valence-corrected chi connectivity index (χ1v) is 47.1. The number of benzene rings is 8. The van der Waals surface area contributed by atoms with Crippen LogP contribution in [0.5, 0.6) is 23.0 Å². The van der Waals surface area contributed by atoms with Crippen molar-refractivity contribution in [3.05, 3.63) is 239 Å². The number of unbranched alkanes of at least 4 members (excludes halogenated alkanes) is 1. The van der Waals surface area contributed by atoms with Crippen molar-refractivity contribution in [1.29, 1.82) is 0 Å². The number of carboxylic acids is 1. The number of halogens is 1. The number of hydrogen-bond acceptors (Lipinski definition) is 20. The van der Waals surface area contributed by atoms with Crippen molar-refractivity contribution >= 4 is 82.3 Å². The molecule has 0 amide bonds. The normalized spacial score (nSPS) is 14.2. The van der Waals surface area contributed by atoms with Crippen LogP contribution in [0.3, 0.4) is 0 Å². The van der Waals surface area contributed by atoms with Gasteiger partial charge in [0.2, 0.25) is 0 Å². The van der Waals surface area contributed by atoms with Gasteiger partial charge in [0, 0.05) is 86.3 Å². The first kappa shape index (κ1) is 96.1. The van der Waals surface area contributed by atoms with E-state index in [0.29, 0.717) is 24.7 Å². The van der Waals surface area contributed by atoms with Gasteiger partial charge in [-0.15, -0.1) is 45.3 Å². The van der Waals surface area contributed by atoms with Gasteiger partial charge in [-0.2, -0.15) is 0 Å². The van der Waals surface area contributed by atoms with Gasteiger partial charge in [-0.25, -0.2) is 19.9 Å². The van der Waals surface area contributed by atoms with E-state index >= 15 is 0 Å². The van der Waals surface area contributed by atoms with Gasteiger partial charge in [-0.1, -0.05) is 98.6 Å². The quantitative estimate of drug-likeness (QED) is 0.0305. The second-order valence-electron chi connectivity index (χ2n) is 32.8. The van der Waals surface area contributed by atoms with Gasteiger partial charge in [0.25, 0.3) is 19.4 Å². The summed E-state index contributed by atoms with van der Waals surface area (Å²) in [7, 11) is 0. The fourth-order valence-corrected chi connectivity index (χ4v) is 19.0.